The average molecular weight is 410 g/mol. The summed E-state index contributed by atoms with van der Waals surface area (Å²) in [6, 6.07) is 11.4. The first-order valence-electron chi connectivity index (χ1n) is 9.41. The van der Waals surface area contributed by atoms with Crippen LogP contribution in [0.15, 0.2) is 47.3 Å². The lowest BCUT2D eigenvalue weighted by molar-refractivity contribution is 0.0843. The van der Waals surface area contributed by atoms with Crippen LogP contribution in [0, 0.1) is 0 Å². The molecule has 0 aliphatic rings. The number of benzene rings is 2. The third-order valence-electron chi connectivity index (χ3n) is 4.40. The van der Waals surface area contributed by atoms with E-state index in [2.05, 4.69) is 16.0 Å². The second-order valence-electron chi connectivity index (χ2n) is 6.22. The van der Waals surface area contributed by atoms with Crippen molar-refractivity contribution in [1.29, 1.82) is 0 Å². The molecule has 0 atom stereocenters. The van der Waals surface area contributed by atoms with Crippen LogP contribution in [0.25, 0.3) is 10.8 Å². The molecule has 9 nitrogen and oxygen atoms in total. The quantitative estimate of drug-likeness (QED) is 0.601. The van der Waals surface area contributed by atoms with Gasteiger partial charge in [0.25, 0.3) is 17.4 Å². The number of methoxy groups -OCH3 is 1. The monoisotopic (exact) mass is 410 g/mol. The van der Waals surface area contributed by atoms with Gasteiger partial charge >= 0.3 is 0 Å². The molecule has 0 spiro atoms. The summed E-state index contributed by atoms with van der Waals surface area (Å²) < 4.78 is 11.9. The van der Waals surface area contributed by atoms with Crippen molar-refractivity contribution >= 4 is 22.6 Å². The van der Waals surface area contributed by atoms with E-state index >= 15 is 0 Å². The highest BCUT2D eigenvalue weighted by Gasteiger charge is 2.18. The van der Waals surface area contributed by atoms with Crippen molar-refractivity contribution in [1.82, 2.24) is 20.6 Å². The molecule has 9 heteroatoms. The van der Waals surface area contributed by atoms with E-state index in [0.29, 0.717) is 35.4 Å². The lowest BCUT2D eigenvalue weighted by atomic mass is 10.1. The Hall–Kier alpha value is -3.88. The molecule has 2 amide bonds. The number of hydrogen-bond donors (Lipinski definition) is 2. The Morgan fingerprint density at radius 2 is 1.70 bits per heavy atom. The number of hydrazine groups is 1. The molecular weight excluding hydrogens is 388 g/mol. The molecule has 0 aliphatic heterocycles. The number of carbonyl (C=O) groups excluding carboxylic acids is 2. The van der Waals surface area contributed by atoms with Crippen molar-refractivity contribution in [3.8, 4) is 11.5 Å². The SMILES string of the molecule is CCOc1ccc(C(=O)NNC(=O)c2nn(CC)c(=O)c3ccccc23)cc1OC. The van der Waals surface area contributed by atoms with E-state index < -0.39 is 11.8 Å². The Kier molecular flexibility index (Phi) is 6.31. The van der Waals surface area contributed by atoms with Crippen molar-refractivity contribution in [2.75, 3.05) is 13.7 Å². The molecule has 2 aromatic carbocycles. The summed E-state index contributed by atoms with van der Waals surface area (Å²) >= 11 is 0. The second-order valence-corrected chi connectivity index (χ2v) is 6.22. The normalized spacial score (nSPS) is 10.5. The molecule has 1 heterocycles. The van der Waals surface area contributed by atoms with Gasteiger partial charge in [0.1, 0.15) is 0 Å². The minimum atomic E-state index is -0.639. The summed E-state index contributed by atoms with van der Waals surface area (Å²) in [5.41, 5.74) is 4.73. The topological polar surface area (TPSA) is 112 Å². The standard InChI is InChI=1S/C21H22N4O5/c1-4-25-21(28)15-9-7-6-8-14(15)18(24-25)20(27)23-22-19(26)13-10-11-16(30-5-2)17(12-13)29-3/h6-12H,4-5H2,1-3H3,(H,22,26)(H,23,27). The molecule has 156 valence electrons. The van der Waals surface area contributed by atoms with Crippen LogP contribution in [0.5, 0.6) is 11.5 Å². The molecular formula is C21H22N4O5. The minimum absolute atomic E-state index is 0.0385. The van der Waals surface area contributed by atoms with Gasteiger partial charge in [-0.25, -0.2) is 4.68 Å². The molecule has 0 fully saturated rings. The third-order valence-corrected chi connectivity index (χ3v) is 4.40. The zero-order valence-corrected chi connectivity index (χ0v) is 16.9. The van der Waals surface area contributed by atoms with Gasteiger partial charge in [-0.2, -0.15) is 5.10 Å². The van der Waals surface area contributed by atoms with Crippen LogP contribution in [0.4, 0.5) is 0 Å². The van der Waals surface area contributed by atoms with E-state index in [9.17, 15) is 14.4 Å². The van der Waals surface area contributed by atoms with Gasteiger partial charge in [0.05, 0.1) is 19.1 Å². The summed E-state index contributed by atoms with van der Waals surface area (Å²) in [4.78, 5) is 37.5. The summed E-state index contributed by atoms with van der Waals surface area (Å²) in [6.07, 6.45) is 0. The predicted molar refractivity (Wildman–Crippen MR) is 111 cm³/mol. The number of ether oxygens (including phenoxy) is 2. The maximum Gasteiger partial charge on any atom is 0.290 e. The van der Waals surface area contributed by atoms with Crippen molar-refractivity contribution in [3.05, 3.63) is 64.1 Å². The largest absolute Gasteiger partial charge is 0.493 e. The van der Waals surface area contributed by atoms with E-state index in [1.807, 2.05) is 6.92 Å². The molecule has 0 saturated heterocycles. The van der Waals surface area contributed by atoms with E-state index in [-0.39, 0.29) is 16.8 Å². The first-order valence-corrected chi connectivity index (χ1v) is 9.41. The van der Waals surface area contributed by atoms with Gasteiger partial charge in [0.2, 0.25) is 0 Å². The highest BCUT2D eigenvalue weighted by Crippen LogP contribution is 2.27. The highest BCUT2D eigenvalue weighted by atomic mass is 16.5. The number of nitrogens with one attached hydrogen (secondary N) is 2. The van der Waals surface area contributed by atoms with Gasteiger partial charge in [-0.1, -0.05) is 18.2 Å². The van der Waals surface area contributed by atoms with E-state index in [0.717, 1.165) is 0 Å². The van der Waals surface area contributed by atoms with Crippen LogP contribution in [0.1, 0.15) is 34.7 Å². The van der Waals surface area contributed by atoms with Crippen LogP contribution in [0.2, 0.25) is 0 Å². The number of carbonyl (C=O) groups is 2. The van der Waals surface area contributed by atoms with Gasteiger partial charge in [-0.15, -0.1) is 0 Å². The lowest BCUT2D eigenvalue weighted by Gasteiger charge is -2.12. The van der Waals surface area contributed by atoms with Gasteiger partial charge in [0.15, 0.2) is 17.2 Å². The Bertz CT molecular complexity index is 1160. The first-order chi connectivity index (χ1) is 14.5. The number of fused-ring (bicyclic) bond motifs is 1. The smallest absolute Gasteiger partial charge is 0.290 e. The van der Waals surface area contributed by atoms with Crippen LogP contribution in [-0.2, 0) is 6.54 Å². The number of aryl methyl sites for hydroxylation is 1. The maximum atomic E-state index is 12.7. The van der Waals surface area contributed by atoms with Crippen molar-refractivity contribution in [2.45, 2.75) is 20.4 Å². The lowest BCUT2D eigenvalue weighted by Crippen LogP contribution is -2.42. The van der Waals surface area contributed by atoms with Gasteiger partial charge in [0, 0.05) is 17.5 Å². The molecule has 3 rings (SSSR count). The third kappa shape index (κ3) is 4.09. The fraction of sp³-hybridized carbons (Fsp3) is 0.238. The fourth-order valence-corrected chi connectivity index (χ4v) is 2.95. The second kappa shape index (κ2) is 9.08. The molecule has 1 aromatic heterocycles. The van der Waals surface area contributed by atoms with Gasteiger partial charge in [-0.3, -0.25) is 25.2 Å². The number of hydrogen-bond acceptors (Lipinski definition) is 6. The molecule has 0 saturated carbocycles. The molecule has 0 unspecified atom stereocenters. The van der Waals surface area contributed by atoms with Crippen LogP contribution >= 0.6 is 0 Å². The summed E-state index contributed by atoms with van der Waals surface area (Å²) in [5, 5.41) is 4.91. The Morgan fingerprint density at radius 3 is 2.37 bits per heavy atom. The Balaban J connectivity index is 1.82. The first kappa shape index (κ1) is 20.8. The Morgan fingerprint density at radius 1 is 1.00 bits per heavy atom. The average Bonchev–Trinajstić information content (AvgIpc) is 2.78. The number of amides is 2. The zero-order chi connectivity index (χ0) is 21.7. The highest BCUT2D eigenvalue weighted by molar-refractivity contribution is 6.06. The van der Waals surface area contributed by atoms with E-state index in [4.69, 9.17) is 9.47 Å². The van der Waals surface area contributed by atoms with Gasteiger partial charge < -0.3 is 9.47 Å². The van der Waals surface area contributed by atoms with Crippen molar-refractivity contribution < 1.29 is 19.1 Å². The molecule has 0 bridgehead atoms. The van der Waals surface area contributed by atoms with Gasteiger partial charge in [-0.05, 0) is 38.1 Å². The van der Waals surface area contributed by atoms with E-state index in [1.165, 1.54) is 17.9 Å². The molecule has 0 radical (unpaired) electrons. The molecule has 0 aliphatic carbocycles. The Labute approximate surface area is 172 Å². The number of nitrogens with zero attached hydrogens (tertiary/aromatic N) is 2. The molecule has 3 aromatic rings. The maximum absolute atomic E-state index is 12.7. The number of aromatic nitrogens is 2. The summed E-state index contributed by atoms with van der Waals surface area (Å²) in [5.74, 6) is -0.269. The zero-order valence-electron chi connectivity index (χ0n) is 16.9. The summed E-state index contributed by atoms with van der Waals surface area (Å²) in [6.45, 7) is 4.36. The molecule has 30 heavy (non-hydrogen) atoms. The number of rotatable bonds is 6. The molecule has 2 N–H and O–H groups in total. The van der Waals surface area contributed by atoms with Crippen LogP contribution in [0.3, 0.4) is 0 Å². The van der Waals surface area contributed by atoms with Crippen LogP contribution in [-0.4, -0.2) is 35.3 Å². The van der Waals surface area contributed by atoms with E-state index in [1.54, 1.807) is 43.3 Å². The van der Waals surface area contributed by atoms with Crippen LogP contribution < -0.4 is 25.9 Å². The summed E-state index contributed by atoms with van der Waals surface area (Å²) in [7, 11) is 1.47. The minimum Gasteiger partial charge on any atom is -0.493 e. The fourth-order valence-electron chi connectivity index (χ4n) is 2.95. The van der Waals surface area contributed by atoms with Crippen molar-refractivity contribution in [3.63, 3.8) is 0 Å². The van der Waals surface area contributed by atoms with Crippen molar-refractivity contribution in [2.24, 2.45) is 0 Å². The predicted octanol–water partition coefficient (Wildman–Crippen LogP) is 1.90.